The van der Waals surface area contributed by atoms with Crippen LogP contribution in [0.3, 0.4) is 0 Å². The van der Waals surface area contributed by atoms with Crippen LogP contribution < -0.4 is 15.8 Å². The number of aliphatic carboxylic acids is 1. The topological polar surface area (TPSA) is 115 Å². The van der Waals surface area contributed by atoms with Gasteiger partial charge in [0, 0.05) is 12.5 Å². The van der Waals surface area contributed by atoms with Crippen LogP contribution in [0.1, 0.15) is 12.8 Å². The predicted molar refractivity (Wildman–Crippen MR) is 64.3 cm³/mol. The molecule has 0 aromatic carbocycles. The molecule has 1 amide bonds. The van der Waals surface area contributed by atoms with Crippen LogP contribution >= 0.6 is 0 Å². The van der Waals surface area contributed by atoms with Crippen LogP contribution in [-0.4, -0.2) is 35.1 Å². The van der Waals surface area contributed by atoms with Gasteiger partial charge in [-0.15, -0.1) is 0 Å². The lowest BCUT2D eigenvalue weighted by molar-refractivity contribution is -0.137. The van der Waals surface area contributed by atoms with Crippen LogP contribution in [0.4, 0.5) is 5.69 Å². The zero-order valence-corrected chi connectivity index (χ0v) is 9.92. The van der Waals surface area contributed by atoms with E-state index in [9.17, 15) is 9.59 Å². The Balaban J connectivity index is 2.49. The van der Waals surface area contributed by atoms with Crippen molar-refractivity contribution in [2.45, 2.75) is 18.9 Å². The second kappa shape index (κ2) is 6.55. The number of hydrogen-bond acceptors (Lipinski definition) is 5. The van der Waals surface area contributed by atoms with Gasteiger partial charge in [0.05, 0.1) is 25.0 Å². The van der Waals surface area contributed by atoms with Gasteiger partial charge in [0.15, 0.2) is 0 Å². The molecule has 0 aliphatic carbocycles. The number of carbonyl (C=O) groups is 2. The minimum atomic E-state index is -0.982. The molecule has 0 radical (unpaired) electrons. The lowest BCUT2D eigenvalue weighted by atomic mass is 10.1. The standard InChI is InChI=1S/C11H15N3O4/c1-18-9-4-2-7(6-13-9)14-11(17)8(12)3-5-10(15)16/h2,4,6,8H,3,5,12H2,1H3,(H,14,17)(H,15,16). The molecule has 0 spiro atoms. The minimum Gasteiger partial charge on any atom is -0.481 e. The molecule has 7 heteroatoms. The fourth-order valence-corrected chi connectivity index (χ4v) is 1.22. The van der Waals surface area contributed by atoms with E-state index in [-0.39, 0.29) is 12.8 Å². The second-order valence-electron chi connectivity index (χ2n) is 3.62. The summed E-state index contributed by atoms with van der Waals surface area (Å²) in [6.45, 7) is 0. The lowest BCUT2D eigenvalue weighted by Crippen LogP contribution is -2.36. The van der Waals surface area contributed by atoms with Gasteiger partial charge in [0.25, 0.3) is 0 Å². The number of pyridine rings is 1. The van der Waals surface area contributed by atoms with E-state index in [2.05, 4.69) is 10.3 Å². The molecule has 0 aliphatic heterocycles. The molecule has 7 nitrogen and oxygen atoms in total. The SMILES string of the molecule is COc1ccc(NC(=O)C(N)CCC(=O)O)cn1. The zero-order valence-electron chi connectivity index (χ0n) is 9.92. The van der Waals surface area contributed by atoms with Crippen molar-refractivity contribution in [1.82, 2.24) is 4.98 Å². The van der Waals surface area contributed by atoms with Gasteiger partial charge in [0.1, 0.15) is 0 Å². The summed E-state index contributed by atoms with van der Waals surface area (Å²) in [5.41, 5.74) is 6.03. The average Bonchev–Trinajstić information content (AvgIpc) is 2.36. The number of carbonyl (C=O) groups excluding carboxylic acids is 1. The van der Waals surface area contributed by atoms with Crippen molar-refractivity contribution in [3.05, 3.63) is 18.3 Å². The van der Waals surface area contributed by atoms with E-state index in [0.29, 0.717) is 11.6 Å². The highest BCUT2D eigenvalue weighted by atomic mass is 16.5. The highest BCUT2D eigenvalue weighted by molar-refractivity contribution is 5.94. The molecule has 0 aliphatic rings. The Kier molecular flexibility index (Phi) is 5.06. The summed E-state index contributed by atoms with van der Waals surface area (Å²) in [6.07, 6.45) is 1.38. The first-order chi connectivity index (χ1) is 8.52. The normalized spacial score (nSPS) is 11.7. The summed E-state index contributed by atoms with van der Waals surface area (Å²) >= 11 is 0. The van der Waals surface area contributed by atoms with Crippen LogP contribution in [0.25, 0.3) is 0 Å². The minimum absolute atomic E-state index is 0.0880. The van der Waals surface area contributed by atoms with Gasteiger partial charge >= 0.3 is 5.97 Å². The molecule has 1 aromatic heterocycles. The van der Waals surface area contributed by atoms with E-state index < -0.39 is 17.9 Å². The van der Waals surface area contributed by atoms with Crippen LogP contribution in [0, 0.1) is 0 Å². The molecule has 1 aromatic rings. The lowest BCUT2D eigenvalue weighted by Gasteiger charge is -2.11. The number of ether oxygens (including phenoxy) is 1. The molecule has 1 heterocycles. The smallest absolute Gasteiger partial charge is 0.303 e. The van der Waals surface area contributed by atoms with Gasteiger partial charge < -0.3 is 20.9 Å². The second-order valence-corrected chi connectivity index (χ2v) is 3.62. The van der Waals surface area contributed by atoms with Crippen molar-refractivity contribution < 1.29 is 19.4 Å². The monoisotopic (exact) mass is 253 g/mol. The molecule has 98 valence electrons. The number of amides is 1. The fourth-order valence-electron chi connectivity index (χ4n) is 1.22. The number of anilines is 1. The van der Waals surface area contributed by atoms with Gasteiger partial charge in [-0.3, -0.25) is 9.59 Å². The summed E-state index contributed by atoms with van der Waals surface area (Å²) in [5.74, 6) is -0.990. The summed E-state index contributed by atoms with van der Waals surface area (Å²) in [5, 5.41) is 11.0. The Bertz CT molecular complexity index is 419. The Hall–Kier alpha value is -2.15. The van der Waals surface area contributed by atoms with E-state index in [1.165, 1.54) is 13.3 Å². The van der Waals surface area contributed by atoms with Gasteiger partial charge in [-0.2, -0.15) is 0 Å². The molecular formula is C11H15N3O4. The van der Waals surface area contributed by atoms with Gasteiger partial charge in [-0.1, -0.05) is 0 Å². The largest absolute Gasteiger partial charge is 0.481 e. The predicted octanol–water partition coefficient (Wildman–Crippen LogP) is 0.221. The van der Waals surface area contributed by atoms with E-state index in [1.807, 2.05) is 0 Å². The summed E-state index contributed by atoms with van der Waals surface area (Å²) < 4.78 is 4.87. The molecule has 1 rings (SSSR count). The Morgan fingerprint density at radius 1 is 1.56 bits per heavy atom. The van der Waals surface area contributed by atoms with Gasteiger partial charge in [-0.25, -0.2) is 4.98 Å². The third-order valence-corrected chi connectivity index (χ3v) is 2.22. The number of nitrogens with one attached hydrogen (secondary N) is 1. The zero-order chi connectivity index (χ0) is 13.5. The quantitative estimate of drug-likeness (QED) is 0.668. The molecule has 4 N–H and O–H groups in total. The number of nitrogens with zero attached hydrogens (tertiary/aromatic N) is 1. The van der Waals surface area contributed by atoms with E-state index in [4.69, 9.17) is 15.6 Å². The van der Waals surface area contributed by atoms with Crippen molar-refractivity contribution >= 4 is 17.6 Å². The first kappa shape index (κ1) is 13.9. The van der Waals surface area contributed by atoms with Crippen molar-refractivity contribution in [3.8, 4) is 5.88 Å². The molecule has 1 unspecified atom stereocenters. The molecular weight excluding hydrogens is 238 g/mol. The van der Waals surface area contributed by atoms with Crippen LogP contribution in [0.2, 0.25) is 0 Å². The number of methoxy groups -OCH3 is 1. The van der Waals surface area contributed by atoms with E-state index in [0.717, 1.165) is 0 Å². The van der Waals surface area contributed by atoms with Crippen LogP contribution in [0.15, 0.2) is 18.3 Å². The van der Waals surface area contributed by atoms with E-state index >= 15 is 0 Å². The number of nitrogens with two attached hydrogens (primary N) is 1. The Morgan fingerprint density at radius 2 is 2.28 bits per heavy atom. The third kappa shape index (κ3) is 4.38. The number of rotatable bonds is 6. The molecule has 0 saturated heterocycles. The van der Waals surface area contributed by atoms with Gasteiger partial charge in [0.2, 0.25) is 11.8 Å². The Morgan fingerprint density at radius 3 is 2.78 bits per heavy atom. The van der Waals surface area contributed by atoms with Gasteiger partial charge in [-0.05, 0) is 12.5 Å². The highest BCUT2D eigenvalue weighted by Crippen LogP contribution is 2.11. The van der Waals surface area contributed by atoms with Crippen LogP contribution in [-0.2, 0) is 9.59 Å². The van der Waals surface area contributed by atoms with Crippen molar-refractivity contribution in [2.24, 2.45) is 5.73 Å². The number of hydrogen-bond donors (Lipinski definition) is 3. The molecule has 0 saturated carbocycles. The number of aromatic nitrogens is 1. The molecule has 0 bridgehead atoms. The number of carboxylic acid groups (broad SMARTS) is 1. The maximum atomic E-state index is 11.6. The van der Waals surface area contributed by atoms with Crippen molar-refractivity contribution in [1.29, 1.82) is 0 Å². The summed E-state index contributed by atoms with van der Waals surface area (Å²) in [4.78, 5) is 25.8. The first-order valence-corrected chi connectivity index (χ1v) is 5.31. The maximum Gasteiger partial charge on any atom is 0.303 e. The average molecular weight is 253 g/mol. The maximum absolute atomic E-state index is 11.6. The first-order valence-electron chi connectivity index (χ1n) is 5.31. The van der Waals surface area contributed by atoms with E-state index in [1.54, 1.807) is 12.1 Å². The highest BCUT2D eigenvalue weighted by Gasteiger charge is 2.15. The molecule has 18 heavy (non-hydrogen) atoms. The molecule has 0 fully saturated rings. The van der Waals surface area contributed by atoms with Crippen molar-refractivity contribution in [3.63, 3.8) is 0 Å². The van der Waals surface area contributed by atoms with Crippen LogP contribution in [0.5, 0.6) is 5.88 Å². The molecule has 1 atom stereocenters. The summed E-state index contributed by atoms with van der Waals surface area (Å²) in [7, 11) is 1.49. The fraction of sp³-hybridized carbons (Fsp3) is 0.364. The van der Waals surface area contributed by atoms with Crippen molar-refractivity contribution in [2.75, 3.05) is 12.4 Å². The summed E-state index contributed by atoms with van der Waals surface area (Å²) in [6, 6.07) is 2.36. The Labute approximate surface area is 104 Å². The third-order valence-electron chi connectivity index (χ3n) is 2.22. The number of carboxylic acids is 1.